The molecule has 0 bridgehead atoms. The first-order valence-corrected chi connectivity index (χ1v) is 9.74. The van der Waals surface area contributed by atoms with Gasteiger partial charge in [-0.1, -0.05) is 56.3 Å². The zero-order chi connectivity index (χ0) is 20.8. The maximum absolute atomic E-state index is 12.7. The van der Waals surface area contributed by atoms with Gasteiger partial charge in [-0.05, 0) is 55.2 Å². The largest absolute Gasteiger partial charge is 0.419 e. The van der Waals surface area contributed by atoms with Crippen LogP contribution >= 0.6 is 0 Å². The highest BCUT2D eigenvalue weighted by Crippen LogP contribution is 2.39. The summed E-state index contributed by atoms with van der Waals surface area (Å²) >= 11 is 0. The minimum Gasteiger partial charge on any atom is -0.419 e. The Hall–Kier alpha value is -3.40. The molecule has 0 fully saturated rings. The van der Waals surface area contributed by atoms with Gasteiger partial charge in [0.25, 0.3) is 0 Å². The van der Waals surface area contributed by atoms with Gasteiger partial charge in [0.2, 0.25) is 0 Å². The summed E-state index contributed by atoms with van der Waals surface area (Å²) in [6, 6.07) is 19.6. The zero-order valence-electron chi connectivity index (χ0n) is 16.9. The summed E-state index contributed by atoms with van der Waals surface area (Å²) in [7, 11) is 0. The maximum Gasteiger partial charge on any atom is 0.343 e. The molecule has 3 aromatic rings. The topological polar surface area (TPSA) is 52.6 Å². The third-order valence-corrected chi connectivity index (χ3v) is 4.78. The van der Waals surface area contributed by atoms with E-state index in [1.807, 2.05) is 39.0 Å². The third kappa shape index (κ3) is 4.54. The van der Waals surface area contributed by atoms with Crippen LogP contribution in [0, 0.1) is 6.92 Å². The minimum absolute atomic E-state index is 0.313. The highest BCUT2D eigenvalue weighted by atomic mass is 16.6. The van der Waals surface area contributed by atoms with Gasteiger partial charge < -0.3 is 9.47 Å². The molecule has 0 spiro atoms. The molecule has 0 aliphatic heterocycles. The molecule has 29 heavy (non-hydrogen) atoms. The number of benzene rings is 3. The van der Waals surface area contributed by atoms with Crippen molar-refractivity contribution >= 4 is 11.9 Å². The lowest BCUT2D eigenvalue weighted by molar-refractivity contribution is 0.0679. The van der Waals surface area contributed by atoms with Gasteiger partial charge in [-0.3, -0.25) is 0 Å². The van der Waals surface area contributed by atoms with Crippen molar-refractivity contribution in [3.63, 3.8) is 0 Å². The molecule has 4 heteroatoms. The number of aryl methyl sites for hydroxylation is 2. The van der Waals surface area contributed by atoms with E-state index in [4.69, 9.17) is 9.47 Å². The molecule has 0 amide bonds. The predicted octanol–water partition coefficient (Wildman–Crippen LogP) is 5.56. The zero-order valence-corrected chi connectivity index (χ0v) is 16.9. The van der Waals surface area contributed by atoms with E-state index in [1.165, 1.54) is 0 Å². The molecular formula is C25H24O4. The normalized spacial score (nSPS) is 10.4. The van der Waals surface area contributed by atoms with E-state index in [0.717, 1.165) is 16.7 Å². The summed E-state index contributed by atoms with van der Waals surface area (Å²) in [4.78, 5) is 25.5. The second kappa shape index (κ2) is 9.20. The molecule has 0 aliphatic rings. The van der Waals surface area contributed by atoms with Crippen molar-refractivity contribution in [2.75, 3.05) is 0 Å². The minimum atomic E-state index is -0.483. The van der Waals surface area contributed by atoms with Gasteiger partial charge in [-0.2, -0.15) is 0 Å². The standard InChI is InChI=1S/C25H24O4/c1-4-18-16-17(3)21(5-2)23(29-25(27)20-14-10-7-11-15-20)22(18)28-24(26)19-12-8-6-9-13-19/h6-16H,4-5H2,1-3H3. The smallest absolute Gasteiger partial charge is 0.343 e. The molecule has 0 saturated heterocycles. The van der Waals surface area contributed by atoms with Crippen LogP contribution in [0.15, 0.2) is 66.7 Å². The quantitative estimate of drug-likeness (QED) is 0.410. The van der Waals surface area contributed by atoms with Gasteiger partial charge in [-0.25, -0.2) is 9.59 Å². The Bertz CT molecular complexity index is 1010. The molecule has 4 nitrogen and oxygen atoms in total. The first-order valence-electron chi connectivity index (χ1n) is 9.74. The molecule has 0 saturated carbocycles. The number of ether oxygens (including phenoxy) is 2. The Morgan fingerprint density at radius 2 is 1.21 bits per heavy atom. The molecule has 0 aromatic heterocycles. The van der Waals surface area contributed by atoms with Crippen LogP contribution in [0.25, 0.3) is 0 Å². The van der Waals surface area contributed by atoms with Gasteiger partial charge in [0.15, 0.2) is 11.5 Å². The SMILES string of the molecule is CCc1cc(C)c(CC)c(OC(=O)c2ccccc2)c1OC(=O)c1ccccc1. The molecular weight excluding hydrogens is 364 g/mol. The molecule has 0 radical (unpaired) electrons. The van der Waals surface area contributed by atoms with Gasteiger partial charge in [0, 0.05) is 5.56 Å². The van der Waals surface area contributed by atoms with Crippen LogP contribution in [0.3, 0.4) is 0 Å². The highest BCUT2D eigenvalue weighted by Gasteiger charge is 2.23. The highest BCUT2D eigenvalue weighted by molar-refractivity contribution is 5.93. The van der Waals surface area contributed by atoms with E-state index in [-0.39, 0.29) is 0 Å². The van der Waals surface area contributed by atoms with E-state index in [9.17, 15) is 9.59 Å². The molecule has 3 aromatic carbocycles. The lowest BCUT2D eigenvalue weighted by Crippen LogP contribution is -2.15. The van der Waals surface area contributed by atoms with E-state index < -0.39 is 11.9 Å². The maximum atomic E-state index is 12.7. The first-order chi connectivity index (χ1) is 14.0. The average molecular weight is 388 g/mol. The Balaban J connectivity index is 2.05. The number of carbonyl (C=O) groups excluding carboxylic acids is 2. The van der Waals surface area contributed by atoms with Gasteiger partial charge in [0.05, 0.1) is 11.1 Å². The fraction of sp³-hybridized carbons (Fsp3) is 0.200. The number of rotatable bonds is 6. The van der Waals surface area contributed by atoms with Crippen molar-refractivity contribution in [3.8, 4) is 11.5 Å². The number of esters is 2. The van der Waals surface area contributed by atoms with Crippen LogP contribution < -0.4 is 9.47 Å². The van der Waals surface area contributed by atoms with E-state index in [2.05, 4.69) is 0 Å². The average Bonchev–Trinajstić information content (AvgIpc) is 2.76. The molecule has 0 unspecified atom stereocenters. The molecule has 0 heterocycles. The van der Waals surface area contributed by atoms with Crippen LogP contribution in [0.5, 0.6) is 11.5 Å². The molecule has 0 aliphatic carbocycles. The van der Waals surface area contributed by atoms with Crippen LogP contribution in [0.1, 0.15) is 51.3 Å². The van der Waals surface area contributed by atoms with Crippen LogP contribution in [0.4, 0.5) is 0 Å². The summed E-state index contributed by atoms with van der Waals surface area (Å²) in [5, 5.41) is 0. The fourth-order valence-corrected chi connectivity index (χ4v) is 3.25. The fourth-order valence-electron chi connectivity index (χ4n) is 3.25. The second-order valence-corrected chi connectivity index (χ2v) is 6.71. The van der Waals surface area contributed by atoms with Crippen LogP contribution in [0.2, 0.25) is 0 Å². The Kier molecular flexibility index (Phi) is 6.45. The number of carbonyl (C=O) groups is 2. The summed E-state index contributed by atoms with van der Waals surface area (Å²) in [6.07, 6.45) is 1.28. The molecule has 3 rings (SSSR count). The van der Waals surface area contributed by atoms with Gasteiger partial charge in [-0.15, -0.1) is 0 Å². The van der Waals surface area contributed by atoms with Crippen molar-refractivity contribution in [1.29, 1.82) is 0 Å². The second-order valence-electron chi connectivity index (χ2n) is 6.71. The van der Waals surface area contributed by atoms with Crippen LogP contribution in [-0.2, 0) is 12.8 Å². The summed E-state index contributed by atoms with van der Waals surface area (Å²) in [5.41, 5.74) is 3.55. The summed E-state index contributed by atoms with van der Waals surface area (Å²) in [5.74, 6) is -0.330. The lowest BCUT2D eigenvalue weighted by Gasteiger charge is -2.19. The summed E-state index contributed by atoms with van der Waals surface area (Å²) in [6.45, 7) is 5.93. The van der Waals surface area contributed by atoms with Crippen LogP contribution in [-0.4, -0.2) is 11.9 Å². The van der Waals surface area contributed by atoms with Crippen molar-refractivity contribution in [1.82, 2.24) is 0 Å². The van der Waals surface area contributed by atoms with Gasteiger partial charge >= 0.3 is 11.9 Å². The van der Waals surface area contributed by atoms with E-state index in [0.29, 0.717) is 35.5 Å². The molecule has 148 valence electrons. The number of hydrogen-bond acceptors (Lipinski definition) is 4. The van der Waals surface area contributed by atoms with E-state index >= 15 is 0 Å². The monoisotopic (exact) mass is 388 g/mol. The third-order valence-electron chi connectivity index (χ3n) is 4.78. The summed E-state index contributed by atoms with van der Waals surface area (Å²) < 4.78 is 11.6. The Labute approximate surface area is 171 Å². The van der Waals surface area contributed by atoms with Crippen molar-refractivity contribution in [2.24, 2.45) is 0 Å². The Morgan fingerprint density at radius 1 is 0.724 bits per heavy atom. The number of hydrogen-bond donors (Lipinski definition) is 0. The molecule has 0 atom stereocenters. The first kappa shape index (κ1) is 20.3. The molecule has 0 N–H and O–H groups in total. The lowest BCUT2D eigenvalue weighted by atomic mass is 9.99. The Morgan fingerprint density at radius 3 is 1.66 bits per heavy atom. The van der Waals surface area contributed by atoms with E-state index in [1.54, 1.807) is 48.5 Å². The van der Waals surface area contributed by atoms with Crippen molar-refractivity contribution in [2.45, 2.75) is 33.6 Å². The van der Waals surface area contributed by atoms with Crippen molar-refractivity contribution in [3.05, 3.63) is 94.5 Å². The predicted molar refractivity (Wildman–Crippen MR) is 113 cm³/mol. The van der Waals surface area contributed by atoms with Crippen molar-refractivity contribution < 1.29 is 19.1 Å². The van der Waals surface area contributed by atoms with Gasteiger partial charge in [0.1, 0.15) is 0 Å².